The molecule has 1 atom stereocenters. The van der Waals surface area contributed by atoms with E-state index in [1.54, 1.807) is 0 Å². The van der Waals surface area contributed by atoms with Gasteiger partial charge in [0.1, 0.15) is 43.9 Å². The third-order valence-electron chi connectivity index (χ3n) is 5.29. The molecule has 1 fully saturated rings. The Labute approximate surface area is 145 Å². The Morgan fingerprint density at radius 1 is 0.958 bits per heavy atom. The summed E-state index contributed by atoms with van der Waals surface area (Å²) in [4.78, 5) is 4.42. The maximum absolute atomic E-state index is 14.7. The summed E-state index contributed by atoms with van der Waals surface area (Å²) in [5.74, 6) is -0.576. The van der Waals surface area contributed by atoms with Crippen LogP contribution in [0.25, 0.3) is 0 Å². The monoisotopic (exact) mass is 348 g/mol. The molecule has 126 valence electrons. The lowest BCUT2D eigenvalue weighted by Crippen LogP contribution is -3.27. The maximum atomic E-state index is 14.7. The fourth-order valence-electron chi connectivity index (χ4n) is 3.88. The lowest BCUT2D eigenvalue weighted by molar-refractivity contribution is -1.02. The Morgan fingerprint density at radius 3 is 2.46 bits per heavy atom. The van der Waals surface area contributed by atoms with Gasteiger partial charge >= 0.3 is 0 Å². The van der Waals surface area contributed by atoms with Crippen LogP contribution in [0.1, 0.15) is 17.2 Å². The summed E-state index contributed by atoms with van der Waals surface area (Å²) in [5, 5.41) is 0. The van der Waals surface area contributed by atoms with Crippen molar-refractivity contribution < 1.29 is 18.6 Å². The van der Waals surface area contributed by atoms with Crippen LogP contribution in [0.3, 0.4) is 0 Å². The topological polar surface area (TPSA) is 8.88 Å². The quantitative estimate of drug-likeness (QED) is 0.785. The van der Waals surface area contributed by atoms with E-state index >= 15 is 0 Å². The van der Waals surface area contributed by atoms with E-state index in [1.165, 1.54) is 39.3 Å². The molecule has 0 amide bonds. The maximum Gasteiger partial charge on any atom is 0.137 e. The second-order valence-corrected chi connectivity index (χ2v) is 7.91. The molecule has 2 aliphatic rings. The van der Waals surface area contributed by atoms with E-state index in [4.69, 9.17) is 0 Å². The van der Waals surface area contributed by atoms with Crippen LogP contribution in [-0.2, 0) is 6.42 Å². The molecule has 0 saturated carbocycles. The smallest absolute Gasteiger partial charge is 0.137 e. The van der Waals surface area contributed by atoms with E-state index < -0.39 is 0 Å². The normalized spacial score (nSPS) is 26.4. The van der Waals surface area contributed by atoms with E-state index in [2.05, 4.69) is 13.1 Å². The minimum atomic E-state index is -0.308. The summed E-state index contributed by atoms with van der Waals surface area (Å²) in [6.07, 6.45) is 0.769. The van der Waals surface area contributed by atoms with Crippen molar-refractivity contribution >= 4 is 11.8 Å². The third kappa shape index (κ3) is 2.85. The standard InChI is InChI=1S/C19H20F2N2S/c1-22-8-10-23(11-9-22)16-12-13-4-2-3-5-17(13)24-19-15(21)7-6-14(20)18(16)19/h2-7,16H,8-12H2,1H3/p+2/t16-/m1/s1. The SMILES string of the molecule is C[NH+]1CC[NH+]([C@@H]2Cc3ccccc3Sc3c(F)ccc(F)c32)CC1. The Bertz CT molecular complexity index is 757. The van der Waals surface area contributed by atoms with Gasteiger partial charge in [-0.2, -0.15) is 0 Å². The van der Waals surface area contributed by atoms with Crippen LogP contribution in [0.2, 0.25) is 0 Å². The number of halogens is 2. The molecule has 2 aromatic rings. The van der Waals surface area contributed by atoms with Crippen LogP contribution in [0, 0.1) is 11.6 Å². The highest BCUT2D eigenvalue weighted by Gasteiger charge is 2.36. The second-order valence-electron chi connectivity index (χ2n) is 6.85. The molecule has 2 N–H and O–H groups in total. The number of nitrogens with one attached hydrogen (secondary N) is 2. The van der Waals surface area contributed by atoms with E-state index in [1.807, 2.05) is 18.2 Å². The predicted molar refractivity (Wildman–Crippen MR) is 90.7 cm³/mol. The van der Waals surface area contributed by atoms with Crippen LogP contribution in [0.4, 0.5) is 8.78 Å². The molecule has 5 heteroatoms. The summed E-state index contributed by atoms with van der Waals surface area (Å²) in [6.45, 7) is 4.15. The number of hydrogen-bond acceptors (Lipinski definition) is 1. The molecular weight excluding hydrogens is 326 g/mol. The van der Waals surface area contributed by atoms with Crippen molar-refractivity contribution in [1.82, 2.24) is 0 Å². The number of hydrogen-bond donors (Lipinski definition) is 2. The minimum absolute atomic E-state index is 0.0139. The fraction of sp³-hybridized carbons (Fsp3) is 0.368. The molecular formula is C19H22F2N2S+2. The molecule has 0 unspecified atom stereocenters. The van der Waals surface area contributed by atoms with Gasteiger partial charge in [0, 0.05) is 11.3 Å². The van der Waals surface area contributed by atoms with Crippen molar-refractivity contribution in [3.05, 3.63) is 59.2 Å². The molecule has 24 heavy (non-hydrogen) atoms. The molecule has 1 saturated heterocycles. The highest BCUT2D eigenvalue weighted by atomic mass is 32.2. The van der Waals surface area contributed by atoms with Gasteiger partial charge in [-0.25, -0.2) is 8.78 Å². The number of likely N-dealkylation sites (N-methyl/N-ethyl adjacent to an activating group) is 1. The molecule has 0 spiro atoms. The van der Waals surface area contributed by atoms with Crippen molar-refractivity contribution in [2.45, 2.75) is 22.3 Å². The van der Waals surface area contributed by atoms with Crippen LogP contribution in [0.5, 0.6) is 0 Å². The van der Waals surface area contributed by atoms with Crippen molar-refractivity contribution in [1.29, 1.82) is 0 Å². The van der Waals surface area contributed by atoms with Crippen molar-refractivity contribution in [2.24, 2.45) is 0 Å². The average Bonchev–Trinajstić information content (AvgIpc) is 2.77. The number of fused-ring (bicyclic) bond motifs is 2. The van der Waals surface area contributed by atoms with E-state index in [0.717, 1.165) is 37.5 Å². The van der Waals surface area contributed by atoms with Crippen molar-refractivity contribution in [2.75, 3.05) is 33.2 Å². The Hall–Kier alpha value is -1.43. The van der Waals surface area contributed by atoms with Crippen molar-refractivity contribution in [3.63, 3.8) is 0 Å². The lowest BCUT2D eigenvalue weighted by Gasteiger charge is -2.33. The van der Waals surface area contributed by atoms with Crippen LogP contribution >= 0.6 is 11.8 Å². The van der Waals surface area contributed by atoms with Gasteiger partial charge in [-0.05, 0) is 23.8 Å². The zero-order valence-electron chi connectivity index (χ0n) is 13.7. The van der Waals surface area contributed by atoms with Crippen LogP contribution in [-0.4, -0.2) is 33.2 Å². The molecule has 0 aliphatic carbocycles. The predicted octanol–water partition coefficient (Wildman–Crippen LogP) is 1.13. The van der Waals surface area contributed by atoms with Gasteiger partial charge in [0.25, 0.3) is 0 Å². The first-order chi connectivity index (χ1) is 11.6. The molecule has 0 radical (unpaired) electrons. The Balaban J connectivity index is 1.82. The first-order valence-corrected chi connectivity index (χ1v) is 9.34. The van der Waals surface area contributed by atoms with Crippen LogP contribution < -0.4 is 9.80 Å². The van der Waals surface area contributed by atoms with Gasteiger partial charge in [-0.15, -0.1) is 0 Å². The van der Waals surface area contributed by atoms with Gasteiger partial charge in [0.2, 0.25) is 0 Å². The summed E-state index contributed by atoms with van der Waals surface area (Å²) in [7, 11) is 2.20. The second kappa shape index (κ2) is 6.47. The Kier molecular flexibility index (Phi) is 4.33. The van der Waals surface area contributed by atoms with Crippen molar-refractivity contribution in [3.8, 4) is 0 Å². The number of benzene rings is 2. The van der Waals surface area contributed by atoms with E-state index in [9.17, 15) is 8.78 Å². The number of quaternary nitrogens is 2. The number of piperazine rings is 1. The molecule has 2 aromatic carbocycles. The summed E-state index contributed by atoms with van der Waals surface area (Å²) < 4.78 is 29.3. The van der Waals surface area contributed by atoms with Gasteiger partial charge < -0.3 is 9.80 Å². The molecule has 0 aromatic heterocycles. The number of rotatable bonds is 1. The molecule has 4 rings (SSSR count). The molecule has 2 nitrogen and oxygen atoms in total. The first kappa shape index (κ1) is 16.1. The molecule has 2 aliphatic heterocycles. The van der Waals surface area contributed by atoms with Gasteiger partial charge in [0.15, 0.2) is 0 Å². The van der Waals surface area contributed by atoms with E-state index in [-0.39, 0.29) is 17.7 Å². The van der Waals surface area contributed by atoms with Gasteiger partial charge in [0.05, 0.1) is 17.5 Å². The summed E-state index contributed by atoms with van der Waals surface area (Å²) in [6, 6.07) is 10.6. The first-order valence-electron chi connectivity index (χ1n) is 8.53. The average molecular weight is 348 g/mol. The summed E-state index contributed by atoms with van der Waals surface area (Å²) >= 11 is 1.38. The summed E-state index contributed by atoms with van der Waals surface area (Å²) in [5.41, 5.74) is 1.77. The molecule has 2 heterocycles. The molecule has 0 bridgehead atoms. The Morgan fingerprint density at radius 2 is 1.67 bits per heavy atom. The zero-order chi connectivity index (χ0) is 16.7. The van der Waals surface area contributed by atoms with Crippen LogP contribution in [0.15, 0.2) is 46.2 Å². The van der Waals surface area contributed by atoms with Gasteiger partial charge in [-0.1, -0.05) is 30.0 Å². The fourth-order valence-corrected chi connectivity index (χ4v) is 5.04. The lowest BCUT2D eigenvalue weighted by atomic mass is 9.96. The minimum Gasteiger partial charge on any atom is -0.328 e. The highest BCUT2D eigenvalue weighted by Crippen LogP contribution is 2.42. The van der Waals surface area contributed by atoms with Gasteiger partial charge in [-0.3, -0.25) is 0 Å². The third-order valence-corrected chi connectivity index (χ3v) is 6.53. The largest absolute Gasteiger partial charge is 0.328 e. The highest BCUT2D eigenvalue weighted by molar-refractivity contribution is 7.99. The van der Waals surface area contributed by atoms with E-state index in [0.29, 0.717) is 10.5 Å². The zero-order valence-corrected chi connectivity index (χ0v) is 14.6.